The average Bonchev–Trinajstić information content (AvgIpc) is 2.44. The molecule has 0 aliphatic rings. The fourth-order valence-electron chi connectivity index (χ4n) is 2.04. The minimum atomic E-state index is 0.0131. The van der Waals surface area contributed by atoms with Crippen LogP contribution in [0.25, 0.3) is 0 Å². The molecule has 0 saturated carbocycles. The smallest absolute Gasteiger partial charge is 0.119 e. The van der Waals surface area contributed by atoms with Crippen molar-refractivity contribution in [2.45, 2.75) is 19.5 Å². The molecule has 2 rings (SSSR count). The van der Waals surface area contributed by atoms with Crippen molar-refractivity contribution < 1.29 is 14.9 Å². The second-order valence-corrected chi connectivity index (χ2v) is 4.74. The molecule has 2 aromatic carbocycles. The van der Waals surface area contributed by atoms with E-state index in [-0.39, 0.29) is 17.5 Å². The summed E-state index contributed by atoms with van der Waals surface area (Å²) in [6.07, 6.45) is 0. The van der Waals surface area contributed by atoms with Gasteiger partial charge in [-0.2, -0.15) is 0 Å². The Morgan fingerprint density at radius 3 is 2.45 bits per heavy atom. The minimum Gasteiger partial charge on any atom is -0.508 e. The maximum Gasteiger partial charge on any atom is 0.119 e. The highest BCUT2D eigenvalue weighted by Crippen LogP contribution is 2.25. The van der Waals surface area contributed by atoms with Crippen LogP contribution in [0.15, 0.2) is 42.5 Å². The van der Waals surface area contributed by atoms with Crippen molar-refractivity contribution in [1.29, 1.82) is 0 Å². The predicted octanol–water partition coefficient (Wildman–Crippen LogP) is 2.96. The van der Waals surface area contributed by atoms with Crippen LogP contribution in [0.1, 0.15) is 24.1 Å². The highest BCUT2D eigenvalue weighted by atomic mass is 16.5. The molecule has 0 saturated heterocycles. The van der Waals surface area contributed by atoms with Gasteiger partial charge in [-0.15, -0.1) is 0 Å². The second kappa shape index (κ2) is 6.30. The van der Waals surface area contributed by atoms with Gasteiger partial charge in [-0.25, -0.2) is 0 Å². The standard InChI is InChI=1S/C16H19NO3/c1-11(13-7-14(18)9-15(19)8-13)17-10-12-4-3-5-16(6-12)20-2/h3-9,11,17-19H,10H2,1-2H3. The normalized spacial score (nSPS) is 12.1. The van der Waals surface area contributed by atoms with E-state index in [2.05, 4.69) is 5.32 Å². The Bertz CT molecular complexity index is 563. The molecule has 0 amide bonds. The number of nitrogens with one attached hydrogen (secondary N) is 1. The van der Waals surface area contributed by atoms with Crippen LogP contribution in [0.4, 0.5) is 0 Å². The summed E-state index contributed by atoms with van der Waals surface area (Å²) in [6, 6.07) is 12.5. The third-order valence-corrected chi connectivity index (χ3v) is 3.17. The fraction of sp³-hybridized carbons (Fsp3) is 0.250. The predicted molar refractivity (Wildman–Crippen MR) is 78.0 cm³/mol. The van der Waals surface area contributed by atoms with Crippen molar-refractivity contribution in [2.24, 2.45) is 0 Å². The molecular formula is C16H19NO3. The van der Waals surface area contributed by atoms with E-state index in [0.29, 0.717) is 6.54 Å². The van der Waals surface area contributed by atoms with E-state index in [4.69, 9.17) is 4.74 Å². The third-order valence-electron chi connectivity index (χ3n) is 3.17. The van der Waals surface area contributed by atoms with Crippen LogP contribution < -0.4 is 10.1 Å². The highest BCUT2D eigenvalue weighted by molar-refractivity contribution is 5.38. The first-order valence-corrected chi connectivity index (χ1v) is 6.47. The number of hydrogen-bond donors (Lipinski definition) is 3. The summed E-state index contributed by atoms with van der Waals surface area (Å²) in [6.45, 7) is 2.66. The van der Waals surface area contributed by atoms with Gasteiger partial charge in [0.15, 0.2) is 0 Å². The van der Waals surface area contributed by atoms with Crippen LogP contribution in [-0.4, -0.2) is 17.3 Å². The zero-order chi connectivity index (χ0) is 14.5. The van der Waals surface area contributed by atoms with Crippen LogP contribution in [-0.2, 0) is 6.54 Å². The van der Waals surface area contributed by atoms with Gasteiger partial charge >= 0.3 is 0 Å². The molecule has 3 N–H and O–H groups in total. The molecule has 0 heterocycles. The molecule has 1 atom stereocenters. The summed E-state index contributed by atoms with van der Waals surface area (Å²) in [7, 11) is 1.64. The number of phenols is 2. The van der Waals surface area contributed by atoms with Gasteiger partial charge in [0, 0.05) is 18.7 Å². The molecule has 0 bridgehead atoms. The molecule has 20 heavy (non-hydrogen) atoms. The largest absolute Gasteiger partial charge is 0.508 e. The summed E-state index contributed by atoms with van der Waals surface area (Å²) in [5.74, 6) is 0.956. The van der Waals surface area contributed by atoms with Crippen molar-refractivity contribution in [3.63, 3.8) is 0 Å². The molecule has 1 unspecified atom stereocenters. The number of ether oxygens (including phenoxy) is 1. The lowest BCUT2D eigenvalue weighted by molar-refractivity contribution is 0.414. The van der Waals surface area contributed by atoms with Crippen molar-refractivity contribution in [3.8, 4) is 17.2 Å². The van der Waals surface area contributed by atoms with E-state index >= 15 is 0 Å². The van der Waals surface area contributed by atoms with Gasteiger partial charge in [-0.1, -0.05) is 12.1 Å². The van der Waals surface area contributed by atoms with Crippen LogP contribution in [0.5, 0.6) is 17.2 Å². The molecule has 0 fully saturated rings. The summed E-state index contributed by atoms with van der Waals surface area (Å²) >= 11 is 0. The van der Waals surface area contributed by atoms with Crippen LogP contribution in [0.3, 0.4) is 0 Å². The Morgan fingerprint density at radius 2 is 1.80 bits per heavy atom. The number of benzene rings is 2. The summed E-state index contributed by atoms with van der Waals surface area (Å²) < 4.78 is 5.18. The van der Waals surface area contributed by atoms with Crippen molar-refractivity contribution in [3.05, 3.63) is 53.6 Å². The molecule has 4 heteroatoms. The van der Waals surface area contributed by atoms with Crippen LogP contribution >= 0.6 is 0 Å². The molecule has 2 aromatic rings. The number of methoxy groups -OCH3 is 1. The zero-order valence-corrected chi connectivity index (χ0v) is 11.6. The molecule has 0 spiro atoms. The number of phenolic OH excluding ortho intramolecular Hbond substituents is 2. The van der Waals surface area contributed by atoms with Crippen LogP contribution in [0, 0.1) is 0 Å². The molecule has 0 aromatic heterocycles. The minimum absolute atomic E-state index is 0.0131. The van der Waals surface area contributed by atoms with E-state index < -0.39 is 0 Å². The van der Waals surface area contributed by atoms with Gasteiger partial charge in [0.05, 0.1) is 7.11 Å². The Labute approximate surface area is 118 Å². The van der Waals surface area contributed by atoms with Gasteiger partial charge < -0.3 is 20.3 Å². The second-order valence-electron chi connectivity index (χ2n) is 4.74. The first-order chi connectivity index (χ1) is 9.58. The SMILES string of the molecule is COc1cccc(CNC(C)c2cc(O)cc(O)c2)c1. The van der Waals surface area contributed by atoms with Crippen molar-refractivity contribution in [1.82, 2.24) is 5.32 Å². The quantitative estimate of drug-likeness (QED) is 0.784. The lowest BCUT2D eigenvalue weighted by Crippen LogP contribution is -2.18. The van der Waals surface area contributed by atoms with Gasteiger partial charge in [0.25, 0.3) is 0 Å². The van der Waals surface area contributed by atoms with E-state index in [1.807, 2.05) is 31.2 Å². The molecule has 0 aliphatic heterocycles. The van der Waals surface area contributed by atoms with Crippen molar-refractivity contribution in [2.75, 3.05) is 7.11 Å². The molecule has 4 nitrogen and oxygen atoms in total. The monoisotopic (exact) mass is 273 g/mol. The molecule has 0 aliphatic carbocycles. The Kier molecular flexibility index (Phi) is 4.48. The Morgan fingerprint density at radius 1 is 1.10 bits per heavy atom. The Balaban J connectivity index is 2.02. The van der Waals surface area contributed by atoms with E-state index in [9.17, 15) is 10.2 Å². The Hall–Kier alpha value is -2.20. The molecule has 0 radical (unpaired) electrons. The highest BCUT2D eigenvalue weighted by Gasteiger charge is 2.08. The van der Waals surface area contributed by atoms with E-state index in [0.717, 1.165) is 16.9 Å². The lowest BCUT2D eigenvalue weighted by atomic mass is 10.1. The summed E-state index contributed by atoms with van der Waals surface area (Å²) in [5, 5.41) is 22.3. The maximum atomic E-state index is 9.49. The maximum absolute atomic E-state index is 9.49. The van der Waals surface area contributed by atoms with Gasteiger partial charge in [-0.05, 0) is 42.3 Å². The fourth-order valence-corrected chi connectivity index (χ4v) is 2.04. The summed E-state index contributed by atoms with van der Waals surface area (Å²) in [5.41, 5.74) is 1.95. The average molecular weight is 273 g/mol. The van der Waals surface area contributed by atoms with Gasteiger partial charge in [0.2, 0.25) is 0 Å². The van der Waals surface area contributed by atoms with Gasteiger partial charge in [-0.3, -0.25) is 0 Å². The zero-order valence-electron chi connectivity index (χ0n) is 11.6. The molecule has 106 valence electrons. The topological polar surface area (TPSA) is 61.7 Å². The lowest BCUT2D eigenvalue weighted by Gasteiger charge is -2.15. The first kappa shape index (κ1) is 14.2. The third kappa shape index (κ3) is 3.65. The van der Waals surface area contributed by atoms with E-state index in [1.165, 1.54) is 6.07 Å². The van der Waals surface area contributed by atoms with Crippen molar-refractivity contribution >= 4 is 0 Å². The summed E-state index contributed by atoms with van der Waals surface area (Å²) in [4.78, 5) is 0. The van der Waals surface area contributed by atoms with Crippen LogP contribution in [0.2, 0.25) is 0 Å². The number of rotatable bonds is 5. The number of hydrogen-bond acceptors (Lipinski definition) is 4. The van der Waals surface area contributed by atoms with E-state index in [1.54, 1.807) is 19.2 Å². The number of aromatic hydroxyl groups is 2. The first-order valence-electron chi connectivity index (χ1n) is 6.47. The molecular weight excluding hydrogens is 254 g/mol. The van der Waals surface area contributed by atoms with Gasteiger partial charge in [0.1, 0.15) is 17.2 Å².